The summed E-state index contributed by atoms with van der Waals surface area (Å²) in [6.45, 7) is 7.69. The number of carboxylic acid groups (broad SMARTS) is 3. The lowest BCUT2D eigenvalue weighted by Crippen LogP contribution is -1.99. The summed E-state index contributed by atoms with van der Waals surface area (Å²) in [6.07, 6.45) is 5.20. The molecule has 91 heavy (non-hydrogen) atoms. The molecule has 0 aliphatic carbocycles. The zero-order chi connectivity index (χ0) is 63.7. The minimum atomic E-state index is -1.20. The number of methoxy groups -OCH3 is 1. The Hall–Kier alpha value is -12.1. The Bertz CT molecular complexity index is 5260. The summed E-state index contributed by atoms with van der Waals surface area (Å²) in [5.41, 5.74) is 15.3. The van der Waals surface area contributed by atoms with Crippen LogP contribution in [0, 0.1) is 51.0 Å². The van der Waals surface area contributed by atoms with Crippen LogP contribution in [0.15, 0.2) is 182 Å². The molecule has 0 aliphatic rings. The van der Waals surface area contributed by atoms with E-state index in [1.807, 2.05) is 96.0 Å². The Morgan fingerprint density at radius 1 is 0.418 bits per heavy atom. The molecule has 0 unspecified atom stereocenters. The van der Waals surface area contributed by atoms with Crippen LogP contribution in [0.4, 0.5) is 17.6 Å². The number of aryl methyl sites for hydroxylation is 1. The predicted molar refractivity (Wildman–Crippen MR) is 341 cm³/mol. The first kappa shape index (κ1) is 58.0. The molecule has 6 heterocycles. The van der Waals surface area contributed by atoms with Crippen molar-refractivity contribution in [3.63, 3.8) is 0 Å². The van der Waals surface area contributed by atoms with Gasteiger partial charge < -0.3 is 33.8 Å². The van der Waals surface area contributed by atoms with Crippen LogP contribution in [-0.2, 0) is 0 Å². The molecule has 0 saturated carbocycles. The minimum Gasteiger partial charge on any atom is -0.496 e. The third-order valence-electron chi connectivity index (χ3n) is 16.4. The highest BCUT2D eigenvalue weighted by Gasteiger charge is 2.25. The largest absolute Gasteiger partial charge is 0.496 e. The van der Waals surface area contributed by atoms with Crippen LogP contribution in [0.2, 0.25) is 0 Å². The molecule has 0 amide bonds. The van der Waals surface area contributed by atoms with Gasteiger partial charge in [-0.05, 0) is 172 Å². The molecule has 6 N–H and O–H groups in total. The fourth-order valence-corrected chi connectivity index (χ4v) is 12.4. The van der Waals surface area contributed by atoms with E-state index < -0.39 is 23.7 Å². The van der Waals surface area contributed by atoms with Crippen molar-refractivity contribution in [1.82, 2.24) is 44.3 Å². The maximum Gasteiger partial charge on any atom is 0.335 e. The topological polar surface area (TPSA) is 222 Å². The van der Waals surface area contributed by atoms with Crippen molar-refractivity contribution in [3.05, 3.63) is 245 Å². The van der Waals surface area contributed by atoms with Gasteiger partial charge >= 0.3 is 17.9 Å². The number of rotatable bonds is 10. The molecule has 0 radical (unpaired) electrons. The molecule has 0 aliphatic heterocycles. The standard InChI is InChI=1S/C24H18FN3O3.C24H18FN3O2.C23H15F2N3O2/c1-13-23(18-7-6-14(24(29)30)9-22(18)31-2)19-11-20-15(12-26-27-20)8-21(19)28(13)17-5-3-4-16(25)10-17;1-13-8-15(24(29)30)6-7-19(13)23-14(2)28(18-5-3-4-17(25)10-18)22-9-16-12-26-27-21(16)11-20(22)23;1-12-22(17-6-5-13(23(29)30)7-19(17)25)18-10-20-14(11-26-27-20)8-21(18)28(12)16-4-2-3-15(24)9-16/h3-12H,1-2H3,(H,26,27)(H,29,30);3-12H,1-2H3,(H,26,27)(H,29,30);2-11H,1H3,(H,26,27)(H,29,30). The molecule has 15 rings (SSSR count). The quantitative estimate of drug-likeness (QED) is 0.0711. The number of benzene rings is 9. The van der Waals surface area contributed by atoms with E-state index in [0.717, 1.165) is 116 Å². The highest BCUT2D eigenvalue weighted by Crippen LogP contribution is 2.44. The molecular formula is C71H51F4N9O7. The first-order valence-corrected chi connectivity index (χ1v) is 28.4. The summed E-state index contributed by atoms with van der Waals surface area (Å²) >= 11 is 0. The van der Waals surface area contributed by atoms with Gasteiger partial charge in [0.2, 0.25) is 0 Å². The maximum atomic E-state index is 15.0. The van der Waals surface area contributed by atoms with Crippen molar-refractivity contribution in [2.45, 2.75) is 27.7 Å². The SMILES string of the molecule is COc1cc(C(=O)O)ccc1-c1c(C)n(-c2cccc(F)c2)c2cc3cn[nH]c3cc12.Cc1c(-c2ccc(C(=O)O)cc2F)c2cc3[nH]ncc3cc2n1-c1cccc(F)c1.Cc1cc(C(=O)O)ccc1-c1c(C)n(-c2cccc(F)c2)c2cc3cn[nH]c3cc12. The Balaban J connectivity index is 0.000000125. The van der Waals surface area contributed by atoms with Gasteiger partial charge in [0.05, 0.1) is 75.5 Å². The second-order valence-electron chi connectivity index (χ2n) is 21.9. The van der Waals surface area contributed by atoms with Gasteiger partial charge in [-0.2, -0.15) is 15.3 Å². The average molecular weight is 1220 g/mol. The van der Waals surface area contributed by atoms with E-state index >= 15 is 0 Å². The third kappa shape index (κ3) is 10.3. The zero-order valence-electron chi connectivity index (χ0n) is 49.0. The Morgan fingerprint density at radius 2 is 0.769 bits per heavy atom. The van der Waals surface area contributed by atoms with Crippen LogP contribution in [-0.4, -0.2) is 84.6 Å². The number of ether oxygens (including phenoxy) is 1. The van der Waals surface area contributed by atoms with E-state index in [4.69, 9.17) is 9.84 Å². The lowest BCUT2D eigenvalue weighted by atomic mass is 9.96. The van der Waals surface area contributed by atoms with Gasteiger partial charge in [-0.1, -0.05) is 30.3 Å². The van der Waals surface area contributed by atoms with Gasteiger partial charge in [-0.15, -0.1) is 0 Å². The highest BCUT2D eigenvalue weighted by molar-refractivity contribution is 6.09. The summed E-state index contributed by atoms with van der Waals surface area (Å²) in [5.74, 6) is -4.37. The summed E-state index contributed by atoms with van der Waals surface area (Å²) in [4.78, 5) is 34.0. The monoisotopic (exact) mass is 1220 g/mol. The molecule has 0 atom stereocenters. The summed E-state index contributed by atoms with van der Waals surface area (Å²) in [5, 5.41) is 54.5. The average Bonchev–Trinajstić information content (AvgIpc) is 1.61. The molecule has 0 bridgehead atoms. The zero-order valence-corrected chi connectivity index (χ0v) is 49.0. The maximum absolute atomic E-state index is 15.0. The molecule has 9 aromatic carbocycles. The number of aromatic amines is 3. The second-order valence-corrected chi connectivity index (χ2v) is 21.9. The van der Waals surface area contributed by atoms with Gasteiger partial charge in [0.25, 0.3) is 0 Å². The molecule has 0 fully saturated rings. The van der Waals surface area contributed by atoms with E-state index in [-0.39, 0.29) is 39.7 Å². The molecule has 15 aromatic rings. The minimum absolute atomic E-state index is 0.126. The van der Waals surface area contributed by atoms with Gasteiger partial charge in [-0.25, -0.2) is 31.9 Å². The smallest absolute Gasteiger partial charge is 0.335 e. The van der Waals surface area contributed by atoms with Crippen molar-refractivity contribution in [3.8, 4) is 56.2 Å². The summed E-state index contributed by atoms with van der Waals surface area (Å²) < 4.78 is 68.4. The van der Waals surface area contributed by atoms with E-state index in [9.17, 15) is 42.2 Å². The number of aromatic carboxylic acids is 3. The number of nitrogens with zero attached hydrogens (tertiary/aromatic N) is 6. The summed E-state index contributed by atoms with van der Waals surface area (Å²) in [7, 11) is 1.51. The van der Waals surface area contributed by atoms with Crippen LogP contribution in [0.1, 0.15) is 53.7 Å². The van der Waals surface area contributed by atoms with E-state index in [2.05, 4.69) is 30.6 Å². The number of H-pyrrole nitrogens is 3. The lowest BCUT2D eigenvalue weighted by Gasteiger charge is -2.12. The van der Waals surface area contributed by atoms with Crippen molar-refractivity contribution in [1.29, 1.82) is 0 Å². The molecule has 450 valence electrons. The van der Waals surface area contributed by atoms with Gasteiger partial charge in [-0.3, -0.25) is 15.3 Å². The van der Waals surface area contributed by atoms with Crippen molar-refractivity contribution in [2.24, 2.45) is 0 Å². The van der Waals surface area contributed by atoms with Crippen LogP contribution in [0.25, 0.3) is 116 Å². The number of fused-ring (bicyclic) bond motifs is 6. The molecule has 16 nitrogen and oxygen atoms in total. The molecule has 6 aromatic heterocycles. The van der Waals surface area contributed by atoms with Crippen molar-refractivity contribution in [2.75, 3.05) is 7.11 Å². The van der Waals surface area contributed by atoms with Crippen LogP contribution >= 0.6 is 0 Å². The number of carbonyl (C=O) groups is 3. The molecule has 0 saturated heterocycles. The molecular weight excluding hydrogens is 1170 g/mol. The highest BCUT2D eigenvalue weighted by atomic mass is 19.1. The van der Waals surface area contributed by atoms with Gasteiger partial charge in [0.15, 0.2) is 0 Å². The first-order chi connectivity index (χ1) is 43.8. The molecule has 0 spiro atoms. The number of hydrogen-bond acceptors (Lipinski definition) is 7. The fraction of sp³-hybridized carbons (Fsp3) is 0.0704. The van der Waals surface area contributed by atoms with Gasteiger partial charge in [0.1, 0.15) is 29.0 Å². The second kappa shape index (κ2) is 22.9. The fourth-order valence-electron chi connectivity index (χ4n) is 12.4. The lowest BCUT2D eigenvalue weighted by molar-refractivity contribution is 0.0685. The van der Waals surface area contributed by atoms with E-state index in [0.29, 0.717) is 28.4 Å². The van der Waals surface area contributed by atoms with Gasteiger partial charge in [0, 0.05) is 94.3 Å². The van der Waals surface area contributed by atoms with Crippen LogP contribution in [0.5, 0.6) is 5.75 Å². The summed E-state index contributed by atoms with van der Waals surface area (Å²) in [6, 6.07) is 44.8. The number of aromatic nitrogens is 9. The van der Waals surface area contributed by atoms with E-state index in [1.54, 1.807) is 67.1 Å². The van der Waals surface area contributed by atoms with Crippen molar-refractivity contribution < 1.29 is 52.0 Å². The Morgan fingerprint density at radius 3 is 1.13 bits per heavy atom. The Kier molecular flexibility index (Phi) is 14.6. The van der Waals surface area contributed by atoms with E-state index in [1.165, 1.54) is 61.7 Å². The predicted octanol–water partition coefficient (Wildman–Crippen LogP) is 16.4. The van der Waals surface area contributed by atoms with Crippen molar-refractivity contribution >= 4 is 83.3 Å². The Labute approximate surface area is 513 Å². The number of carboxylic acids is 3. The number of halogens is 4. The normalized spacial score (nSPS) is 11.4. The number of hydrogen-bond donors (Lipinski definition) is 6. The molecule has 20 heteroatoms. The van der Waals surface area contributed by atoms with Crippen LogP contribution in [0.3, 0.4) is 0 Å². The van der Waals surface area contributed by atoms with Crippen LogP contribution < -0.4 is 4.74 Å². The number of nitrogens with one attached hydrogen (secondary N) is 3. The third-order valence-corrected chi connectivity index (χ3v) is 16.4. The first-order valence-electron chi connectivity index (χ1n) is 28.4.